The van der Waals surface area contributed by atoms with Crippen LogP contribution < -0.4 is 4.90 Å². The summed E-state index contributed by atoms with van der Waals surface area (Å²) >= 11 is 3.37. The summed E-state index contributed by atoms with van der Waals surface area (Å²) in [5, 5.41) is 9.24. The lowest BCUT2D eigenvalue weighted by atomic mass is 10.2. The number of halogens is 1. The van der Waals surface area contributed by atoms with Crippen LogP contribution in [0.25, 0.3) is 11.0 Å². The Kier molecular flexibility index (Phi) is 3.32. The minimum absolute atomic E-state index is 0.528. The fourth-order valence-corrected chi connectivity index (χ4v) is 2.50. The van der Waals surface area contributed by atoms with Gasteiger partial charge in [-0.3, -0.25) is 4.98 Å². The number of ether oxygens (including phenoxy) is 1. The van der Waals surface area contributed by atoms with Crippen molar-refractivity contribution in [1.82, 2.24) is 9.97 Å². The maximum absolute atomic E-state index is 9.24. The van der Waals surface area contributed by atoms with Crippen LogP contribution in [0.1, 0.15) is 5.56 Å². The predicted molar refractivity (Wildman–Crippen MR) is 75.0 cm³/mol. The molecule has 6 heteroatoms. The molecule has 2 aromatic rings. The van der Waals surface area contributed by atoms with E-state index >= 15 is 0 Å². The number of morpholine rings is 1. The molecule has 0 saturated carbocycles. The van der Waals surface area contributed by atoms with Crippen LogP contribution in [0.3, 0.4) is 0 Å². The van der Waals surface area contributed by atoms with E-state index in [1.165, 1.54) is 0 Å². The van der Waals surface area contributed by atoms with Gasteiger partial charge in [-0.05, 0) is 28.1 Å². The van der Waals surface area contributed by atoms with E-state index in [0.717, 1.165) is 28.9 Å². The van der Waals surface area contributed by atoms with Gasteiger partial charge >= 0.3 is 0 Å². The first-order valence-corrected chi connectivity index (χ1v) is 6.77. The molecule has 0 unspecified atom stereocenters. The summed E-state index contributed by atoms with van der Waals surface area (Å²) in [4.78, 5) is 11.1. The molecule has 2 heterocycles. The maximum Gasteiger partial charge on any atom is 0.148 e. The van der Waals surface area contributed by atoms with E-state index in [9.17, 15) is 5.26 Å². The molecule has 0 aliphatic carbocycles. The highest BCUT2D eigenvalue weighted by Gasteiger charge is 2.15. The van der Waals surface area contributed by atoms with Gasteiger partial charge in [0.2, 0.25) is 0 Å². The minimum atomic E-state index is 0.528. The van der Waals surface area contributed by atoms with E-state index in [-0.39, 0.29) is 0 Å². The van der Waals surface area contributed by atoms with E-state index < -0.39 is 0 Å². The molecule has 3 rings (SSSR count). The molecule has 1 aromatic carbocycles. The van der Waals surface area contributed by atoms with Crippen molar-refractivity contribution in [2.24, 2.45) is 0 Å². The van der Waals surface area contributed by atoms with Crippen LogP contribution in [0.15, 0.2) is 22.8 Å². The van der Waals surface area contributed by atoms with Gasteiger partial charge in [-0.1, -0.05) is 0 Å². The summed E-state index contributed by atoms with van der Waals surface area (Å²) in [7, 11) is 0. The van der Waals surface area contributed by atoms with Crippen molar-refractivity contribution >= 4 is 32.8 Å². The molecular formula is C13H11BrN4O. The quantitative estimate of drug-likeness (QED) is 0.805. The van der Waals surface area contributed by atoms with Crippen molar-refractivity contribution in [3.63, 3.8) is 0 Å². The Labute approximate surface area is 119 Å². The third-order valence-electron chi connectivity index (χ3n) is 3.10. The Morgan fingerprint density at radius 3 is 2.84 bits per heavy atom. The molecule has 1 aliphatic heterocycles. The summed E-state index contributed by atoms with van der Waals surface area (Å²) in [6.45, 7) is 3.00. The van der Waals surface area contributed by atoms with Crippen LogP contribution in [0.5, 0.6) is 0 Å². The second-order valence-electron chi connectivity index (χ2n) is 4.23. The second-order valence-corrected chi connectivity index (χ2v) is 5.08. The highest BCUT2D eigenvalue weighted by atomic mass is 79.9. The van der Waals surface area contributed by atoms with Crippen molar-refractivity contribution in [3.05, 3.63) is 28.4 Å². The van der Waals surface area contributed by atoms with E-state index in [0.29, 0.717) is 24.3 Å². The van der Waals surface area contributed by atoms with Crippen LogP contribution in [0.2, 0.25) is 0 Å². The van der Waals surface area contributed by atoms with Crippen LogP contribution in [-0.2, 0) is 4.74 Å². The van der Waals surface area contributed by atoms with Gasteiger partial charge in [0.05, 0.1) is 30.5 Å². The molecule has 1 aliphatic rings. The number of nitrogens with zero attached hydrogens (tertiary/aromatic N) is 4. The highest BCUT2D eigenvalue weighted by Crippen LogP contribution is 2.25. The largest absolute Gasteiger partial charge is 0.378 e. The second kappa shape index (κ2) is 5.11. The first-order valence-electron chi connectivity index (χ1n) is 5.97. The zero-order valence-electron chi connectivity index (χ0n) is 10.1. The Morgan fingerprint density at radius 2 is 2.11 bits per heavy atom. The number of nitriles is 1. The number of hydrogen-bond donors (Lipinski definition) is 0. The molecular weight excluding hydrogens is 308 g/mol. The molecule has 0 spiro atoms. The smallest absolute Gasteiger partial charge is 0.148 e. The van der Waals surface area contributed by atoms with Gasteiger partial charge < -0.3 is 9.64 Å². The summed E-state index contributed by atoms with van der Waals surface area (Å²) in [5.74, 6) is 0.797. The zero-order valence-corrected chi connectivity index (χ0v) is 11.7. The topological polar surface area (TPSA) is 62.0 Å². The lowest BCUT2D eigenvalue weighted by Crippen LogP contribution is -2.36. The summed E-state index contributed by atoms with van der Waals surface area (Å²) in [6, 6.07) is 5.86. The van der Waals surface area contributed by atoms with Gasteiger partial charge in [-0.2, -0.15) is 5.26 Å². The van der Waals surface area contributed by atoms with Crippen LogP contribution in [0.4, 0.5) is 5.82 Å². The SMILES string of the molecule is N#Cc1c(Br)ccc2ncc(N3CCOCC3)nc12. The van der Waals surface area contributed by atoms with Crippen molar-refractivity contribution in [2.75, 3.05) is 31.2 Å². The molecule has 0 N–H and O–H groups in total. The lowest BCUT2D eigenvalue weighted by Gasteiger charge is -2.27. The standard InChI is InChI=1S/C13H11BrN4O/c14-10-1-2-11-13(9(10)7-15)17-12(8-16-11)18-3-5-19-6-4-18/h1-2,8H,3-6H2. The predicted octanol–water partition coefficient (Wildman–Crippen LogP) is 2.10. The third-order valence-corrected chi connectivity index (χ3v) is 3.76. The van der Waals surface area contributed by atoms with Gasteiger partial charge in [-0.15, -0.1) is 0 Å². The van der Waals surface area contributed by atoms with Gasteiger partial charge in [0, 0.05) is 17.6 Å². The fourth-order valence-electron chi connectivity index (χ4n) is 2.09. The maximum atomic E-state index is 9.24. The Hall–Kier alpha value is -1.71. The number of fused-ring (bicyclic) bond motifs is 1. The normalized spacial score (nSPS) is 15.5. The van der Waals surface area contributed by atoms with E-state index in [2.05, 4.69) is 36.9 Å². The van der Waals surface area contributed by atoms with E-state index in [4.69, 9.17) is 4.74 Å². The first kappa shape index (κ1) is 12.3. The zero-order chi connectivity index (χ0) is 13.2. The van der Waals surface area contributed by atoms with Crippen LogP contribution >= 0.6 is 15.9 Å². The highest BCUT2D eigenvalue weighted by molar-refractivity contribution is 9.10. The van der Waals surface area contributed by atoms with Gasteiger partial charge in [0.25, 0.3) is 0 Å². The number of hydrogen-bond acceptors (Lipinski definition) is 5. The molecule has 96 valence electrons. The molecule has 1 fully saturated rings. The van der Waals surface area contributed by atoms with Crippen molar-refractivity contribution < 1.29 is 4.74 Å². The van der Waals surface area contributed by atoms with Gasteiger partial charge in [0.1, 0.15) is 17.4 Å². The number of aromatic nitrogens is 2. The van der Waals surface area contributed by atoms with Crippen molar-refractivity contribution in [2.45, 2.75) is 0 Å². The molecule has 19 heavy (non-hydrogen) atoms. The molecule has 1 aromatic heterocycles. The van der Waals surface area contributed by atoms with E-state index in [1.807, 2.05) is 12.1 Å². The summed E-state index contributed by atoms with van der Waals surface area (Å²) in [5.41, 5.74) is 1.90. The van der Waals surface area contributed by atoms with Crippen molar-refractivity contribution in [3.8, 4) is 6.07 Å². The number of rotatable bonds is 1. The molecule has 0 atom stereocenters. The Morgan fingerprint density at radius 1 is 1.32 bits per heavy atom. The summed E-state index contributed by atoms with van der Waals surface area (Å²) < 4.78 is 6.07. The van der Waals surface area contributed by atoms with Gasteiger partial charge in [-0.25, -0.2) is 4.98 Å². The molecule has 0 radical (unpaired) electrons. The fraction of sp³-hybridized carbons (Fsp3) is 0.308. The summed E-state index contributed by atoms with van der Waals surface area (Å²) in [6.07, 6.45) is 1.75. The van der Waals surface area contributed by atoms with E-state index in [1.54, 1.807) is 6.20 Å². The van der Waals surface area contributed by atoms with Crippen LogP contribution in [-0.4, -0.2) is 36.3 Å². The average Bonchev–Trinajstić information content (AvgIpc) is 2.47. The molecule has 0 bridgehead atoms. The third kappa shape index (κ3) is 2.27. The van der Waals surface area contributed by atoms with Crippen molar-refractivity contribution in [1.29, 1.82) is 5.26 Å². The molecule has 5 nitrogen and oxygen atoms in total. The Balaban J connectivity index is 2.11. The average molecular weight is 319 g/mol. The monoisotopic (exact) mass is 318 g/mol. The van der Waals surface area contributed by atoms with Crippen LogP contribution in [0, 0.1) is 11.3 Å². The lowest BCUT2D eigenvalue weighted by molar-refractivity contribution is 0.122. The Bertz CT molecular complexity index is 661. The van der Waals surface area contributed by atoms with Gasteiger partial charge in [0.15, 0.2) is 0 Å². The number of benzene rings is 1. The molecule has 0 amide bonds. The first-order chi connectivity index (χ1) is 9.29. The number of anilines is 1. The molecule has 1 saturated heterocycles. The minimum Gasteiger partial charge on any atom is -0.378 e.